The summed E-state index contributed by atoms with van der Waals surface area (Å²) in [6.45, 7) is 7.96. The van der Waals surface area contributed by atoms with Crippen LogP contribution in [-0.4, -0.2) is 84.4 Å². The highest BCUT2D eigenvalue weighted by atomic mass is 32.1. The van der Waals surface area contributed by atoms with Crippen molar-refractivity contribution < 1.29 is 32.6 Å². The molecule has 1 N–H and O–H groups in total. The zero-order valence-corrected chi connectivity index (χ0v) is 18.5. The van der Waals surface area contributed by atoms with E-state index in [1.54, 1.807) is 18.4 Å². The van der Waals surface area contributed by atoms with Crippen LogP contribution in [0.4, 0.5) is 13.2 Å². The van der Waals surface area contributed by atoms with Crippen LogP contribution >= 0.6 is 11.3 Å². The van der Waals surface area contributed by atoms with E-state index >= 15 is 0 Å². The Morgan fingerprint density at radius 3 is 2.55 bits per heavy atom. The van der Waals surface area contributed by atoms with Gasteiger partial charge in [0, 0.05) is 56.5 Å². The number of aryl methyl sites for hydroxylation is 1. The van der Waals surface area contributed by atoms with Gasteiger partial charge in [0.25, 0.3) is 5.91 Å². The van der Waals surface area contributed by atoms with E-state index in [0.717, 1.165) is 50.1 Å². The second-order valence-electron chi connectivity index (χ2n) is 8.68. The summed E-state index contributed by atoms with van der Waals surface area (Å²) in [4.78, 5) is 30.7. The van der Waals surface area contributed by atoms with Crippen LogP contribution in [0.15, 0.2) is 5.38 Å². The minimum atomic E-state index is -5.08. The van der Waals surface area contributed by atoms with Crippen LogP contribution in [0.2, 0.25) is 0 Å². The molecular formula is C20H28F3N3O4S. The number of ether oxygens (including phenoxy) is 1. The molecule has 3 heterocycles. The summed E-state index contributed by atoms with van der Waals surface area (Å²) in [6, 6.07) is 0. The van der Waals surface area contributed by atoms with E-state index in [9.17, 15) is 18.0 Å². The number of aliphatic carboxylic acids is 1. The Balaban J connectivity index is 0.000000339. The normalized spacial score (nSPS) is 26.2. The van der Waals surface area contributed by atoms with E-state index < -0.39 is 12.1 Å². The van der Waals surface area contributed by atoms with Crippen molar-refractivity contribution in [2.75, 3.05) is 46.4 Å². The predicted molar refractivity (Wildman–Crippen MR) is 108 cm³/mol. The smallest absolute Gasteiger partial charge is 0.475 e. The lowest BCUT2D eigenvalue weighted by Gasteiger charge is -2.30. The number of thiazole rings is 1. The van der Waals surface area contributed by atoms with Crippen LogP contribution in [0.1, 0.15) is 34.8 Å². The number of carboxylic acid groups (broad SMARTS) is 1. The molecule has 2 atom stereocenters. The van der Waals surface area contributed by atoms with Crippen LogP contribution in [0.25, 0.3) is 0 Å². The van der Waals surface area contributed by atoms with Crippen LogP contribution in [-0.2, 0) is 9.53 Å². The highest BCUT2D eigenvalue weighted by Gasteiger charge is 2.51. The van der Waals surface area contributed by atoms with Crippen molar-refractivity contribution in [3.8, 4) is 0 Å². The van der Waals surface area contributed by atoms with E-state index in [2.05, 4.69) is 9.88 Å². The van der Waals surface area contributed by atoms with E-state index in [-0.39, 0.29) is 11.3 Å². The molecule has 7 nitrogen and oxygen atoms in total. The molecule has 1 aromatic heterocycles. The molecule has 0 bridgehead atoms. The van der Waals surface area contributed by atoms with E-state index in [1.165, 1.54) is 19.4 Å². The maximum absolute atomic E-state index is 12.8. The van der Waals surface area contributed by atoms with Crippen LogP contribution in [0.5, 0.6) is 0 Å². The van der Waals surface area contributed by atoms with Crippen molar-refractivity contribution in [2.24, 2.45) is 17.3 Å². The number of hydrogen-bond acceptors (Lipinski definition) is 6. The number of carbonyl (C=O) groups excluding carboxylic acids is 1. The first-order chi connectivity index (χ1) is 14.5. The standard InChI is InChI=1S/C18H27N3O2S.C2HF3O2/c1-13-19-16(10-24-13)17(22)21-6-5-18(12-21)11-20(7-14-3-4-14)8-15(18)9-23-2;3-2(4,5)1(6)7/h10,14-15H,3-9,11-12H2,1-2H3;(H,6,7)/t15-,18+;/m0./s1. The maximum Gasteiger partial charge on any atom is 0.490 e. The monoisotopic (exact) mass is 463 g/mol. The first-order valence-corrected chi connectivity index (χ1v) is 11.1. The van der Waals surface area contributed by atoms with Crippen molar-refractivity contribution in [3.05, 3.63) is 16.1 Å². The minimum absolute atomic E-state index is 0.105. The fourth-order valence-corrected chi connectivity index (χ4v) is 5.12. The molecule has 1 aliphatic carbocycles. The molecule has 31 heavy (non-hydrogen) atoms. The van der Waals surface area contributed by atoms with Gasteiger partial charge in [0.15, 0.2) is 0 Å². The quantitative estimate of drug-likeness (QED) is 0.723. The molecule has 0 unspecified atom stereocenters. The fraction of sp³-hybridized carbons (Fsp3) is 0.750. The van der Waals surface area contributed by atoms with Gasteiger partial charge in [-0.05, 0) is 32.1 Å². The molecule has 4 rings (SSSR count). The van der Waals surface area contributed by atoms with Crippen LogP contribution in [0, 0.1) is 24.2 Å². The molecule has 2 aliphatic heterocycles. The van der Waals surface area contributed by atoms with Crippen molar-refractivity contribution in [2.45, 2.75) is 32.4 Å². The van der Waals surface area contributed by atoms with Crippen molar-refractivity contribution >= 4 is 23.2 Å². The number of alkyl halides is 3. The summed E-state index contributed by atoms with van der Waals surface area (Å²) < 4.78 is 37.3. The Morgan fingerprint density at radius 1 is 1.35 bits per heavy atom. The van der Waals surface area contributed by atoms with Gasteiger partial charge >= 0.3 is 12.1 Å². The average Bonchev–Trinajstić information content (AvgIpc) is 3.10. The minimum Gasteiger partial charge on any atom is -0.475 e. The topological polar surface area (TPSA) is 83.0 Å². The van der Waals surface area contributed by atoms with Crippen molar-refractivity contribution in [1.82, 2.24) is 14.8 Å². The first-order valence-electron chi connectivity index (χ1n) is 10.3. The summed E-state index contributed by atoms with van der Waals surface area (Å²) in [5.74, 6) is -1.20. The summed E-state index contributed by atoms with van der Waals surface area (Å²) in [7, 11) is 1.80. The number of rotatable bonds is 5. The third kappa shape index (κ3) is 5.95. The highest BCUT2D eigenvalue weighted by molar-refractivity contribution is 7.09. The summed E-state index contributed by atoms with van der Waals surface area (Å²) in [5.41, 5.74) is 0.830. The van der Waals surface area contributed by atoms with Gasteiger partial charge in [0.1, 0.15) is 5.69 Å². The molecule has 2 saturated heterocycles. The molecule has 1 saturated carbocycles. The second kappa shape index (κ2) is 9.41. The summed E-state index contributed by atoms with van der Waals surface area (Å²) in [5, 5.41) is 9.98. The summed E-state index contributed by atoms with van der Waals surface area (Å²) in [6.07, 6.45) is -1.20. The first kappa shape index (κ1) is 23.9. The second-order valence-corrected chi connectivity index (χ2v) is 9.75. The molecule has 0 radical (unpaired) electrons. The molecule has 11 heteroatoms. The van der Waals surface area contributed by atoms with Gasteiger partial charge < -0.3 is 19.6 Å². The molecule has 1 aromatic rings. The lowest BCUT2D eigenvalue weighted by molar-refractivity contribution is -0.192. The number of hydrogen-bond donors (Lipinski definition) is 1. The number of halogens is 3. The molecule has 3 fully saturated rings. The van der Waals surface area contributed by atoms with E-state index in [1.807, 2.05) is 17.2 Å². The molecule has 1 amide bonds. The van der Waals surface area contributed by atoms with E-state index in [0.29, 0.717) is 11.6 Å². The molecule has 3 aliphatic rings. The summed E-state index contributed by atoms with van der Waals surface area (Å²) >= 11 is 1.55. The molecule has 1 spiro atoms. The van der Waals surface area contributed by atoms with E-state index in [4.69, 9.17) is 14.6 Å². The van der Waals surface area contributed by atoms with Gasteiger partial charge in [-0.2, -0.15) is 13.2 Å². The Kier molecular flexibility index (Phi) is 7.27. The van der Waals surface area contributed by atoms with Gasteiger partial charge in [-0.15, -0.1) is 11.3 Å². The SMILES string of the molecule is COC[C@@H]1CN(CC2CC2)C[C@@]12CCN(C(=O)c1csc(C)n1)C2.O=C(O)C(F)(F)F. The Bertz CT molecular complexity index is 799. The Morgan fingerprint density at radius 2 is 2.03 bits per heavy atom. The lowest BCUT2D eigenvalue weighted by Crippen LogP contribution is -2.38. The van der Waals surface area contributed by atoms with Gasteiger partial charge in [0.2, 0.25) is 0 Å². The third-order valence-electron chi connectivity index (χ3n) is 6.22. The molecule has 174 valence electrons. The highest BCUT2D eigenvalue weighted by Crippen LogP contribution is 2.45. The number of carboxylic acids is 1. The predicted octanol–water partition coefficient (Wildman–Crippen LogP) is 2.91. The lowest BCUT2D eigenvalue weighted by atomic mass is 9.77. The zero-order chi connectivity index (χ0) is 22.8. The number of amides is 1. The van der Waals surface area contributed by atoms with Crippen molar-refractivity contribution in [1.29, 1.82) is 0 Å². The zero-order valence-electron chi connectivity index (χ0n) is 17.7. The molecule has 0 aromatic carbocycles. The largest absolute Gasteiger partial charge is 0.490 e. The third-order valence-corrected chi connectivity index (χ3v) is 6.99. The van der Waals surface area contributed by atoms with Gasteiger partial charge in [-0.3, -0.25) is 4.79 Å². The number of carbonyl (C=O) groups is 2. The fourth-order valence-electron chi connectivity index (χ4n) is 4.53. The number of likely N-dealkylation sites (tertiary alicyclic amines) is 2. The average molecular weight is 464 g/mol. The van der Waals surface area contributed by atoms with Crippen LogP contribution < -0.4 is 0 Å². The van der Waals surface area contributed by atoms with Crippen molar-refractivity contribution in [3.63, 3.8) is 0 Å². The number of nitrogens with zero attached hydrogens (tertiary/aromatic N) is 3. The Hall–Kier alpha value is -1.72. The number of aromatic nitrogens is 1. The maximum atomic E-state index is 12.8. The van der Waals surface area contributed by atoms with Gasteiger partial charge in [-0.25, -0.2) is 9.78 Å². The van der Waals surface area contributed by atoms with Gasteiger partial charge in [-0.1, -0.05) is 0 Å². The molecular weight excluding hydrogens is 435 g/mol. The Labute approximate surface area is 183 Å². The van der Waals surface area contributed by atoms with Crippen LogP contribution in [0.3, 0.4) is 0 Å². The van der Waals surface area contributed by atoms with Gasteiger partial charge in [0.05, 0.1) is 11.6 Å². The number of methoxy groups -OCH3 is 1.